The van der Waals surface area contributed by atoms with Crippen molar-refractivity contribution < 1.29 is 5.11 Å². The van der Waals surface area contributed by atoms with Crippen molar-refractivity contribution >= 4 is 0 Å². The van der Waals surface area contributed by atoms with E-state index in [4.69, 9.17) is 0 Å². The van der Waals surface area contributed by atoms with Crippen LogP contribution in [0.3, 0.4) is 0 Å². The van der Waals surface area contributed by atoms with Gasteiger partial charge in [0.1, 0.15) is 0 Å². The molecule has 0 bridgehead atoms. The molecule has 0 aliphatic carbocycles. The van der Waals surface area contributed by atoms with E-state index < -0.39 is 5.60 Å². The van der Waals surface area contributed by atoms with Crippen LogP contribution in [0.2, 0.25) is 0 Å². The Morgan fingerprint density at radius 2 is 2.00 bits per heavy atom. The van der Waals surface area contributed by atoms with Crippen LogP contribution in [-0.2, 0) is 0 Å². The summed E-state index contributed by atoms with van der Waals surface area (Å²) in [5, 5.41) is 12.7. The van der Waals surface area contributed by atoms with Crippen LogP contribution >= 0.6 is 0 Å². The zero-order chi connectivity index (χ0) is 9.61. The van der Waals surface area contributed by atoms with Crippen LogP contribution in [0, 0.1) is 0 Å². The summed E-state index contributed by atoms with van der Waals surface area (Å²) in [4.78, 5) is 2.23. The van der Waals surface area contributed by atoms with Crippen molar-refractivity contribution in [1.29, 1.82) is 0 Å². The maximum absolute atomic E-state index is 9.56. The first-order valence-electron chi connectivity index (χ1n) is 4.59. The summed E-state index contributed by atoms with van der Waals surface area (Å²) in [6.07, 6.45) is 0. The van der Waals surface area contributed by atoms with Crippen molar-refractivity contribution in [3.8, 4) is 0 Å². The van der Waals surface area contributed by atoms with E-state index in [0.29, 0.717) is 0 Å². The molecule has 12 heavy (non-hydrogen) atoms. The minimum Gasteiger partial charge on any atom is -0.389 e. The minimum atomic E-state index is -0.580. The van der Waals surface area contributed by atoms with Gasteiger partial charge in [0, 0.05) is 19.6 Å². The summed E-state index contributed by atoms with van der Waals surface area (Å²) >= 11 is 0. The van der Waals surface area contributed by atoms with Crippen LogP contribution < -0.4 is 5.32 Å². The highest BCUT2D eigenvalue weighted by atomic mass is 16.3. The largest absolute Gasteiger partial charge is 0.389 e. The molecule has 0 aromatic heterocycles. The van der Waals surface area contributed by atoms with Gasteiger partial charge in [-0.3, -0.25) is 4.90 Å². The molecular formula is C9H22N2O. The van der Waals surface area contributed by atoms with E-state index >= 15 is 0 Å². The second kappa shape index (κ2) is 5.51. The molecule has 0 unspecified atom stereocenters. The summed E-state index contributed by atoms with van der Waals surface area (Å²) in [7, 11) is 1.94. The fourth-order valence-corrected chi connectivity index (χ4v) is 1.17. The van der Waals surface area contributed by atoms with Gasteiger partial charge in [-0.15, -0.1) is 0 Å². The van der Waals surface area contributed by atoms with Crippen molar-refractivity contribution in [2.45, 2.75) is 26.4 Å². The maximum atomic E-state index is 9.56. The van der Waals surface area contributed by atoms with Crippen LogP contribution in [-0.4, -0.2) is 48.8 Å². The number of nitrogens with one attached hydrogen (secondary N) is 1. The molecule has 0 aromatic rings. The van der Waals surface area contributed by atoms with E-state index in [1.54, 1.807) is 0 Å². The van der Waals surface area contributed by atoms with Crippen LogP contribution in [0.25, 0.3) is 0 Å². The topological polar surface area (TPSA) is 35.5 Å². The maximum Gasteiger partial charge on any atom is 0.0718 e. The molecule has 2 N–H and O–H groups in total. The molecule has 0 aromatic carbocycles. The highest BCUT2D eigenvalue weighted by Gasteiger charge is 2.16. The van der Waals surface area contributed by atoms with Gasteiger partial charge in [-0.05, 0) is 27.4 Å². The van der Waals surface area contributed by atoms with Crippen molar-refractivity contribution in [3.05, 3.63) is 0 Å². The van der Waals surface area contributed by atoms with Crippen LogP contribution in [0.5, 0.6) is 0 Å². The Bertz CT molecular complexity index is 110. The molecular weight excluding hydrogens is 152 g/mol. The summed E-state index contributed by atoms with van der Waals surface area (Å²) in [6.45, 7) is 9.50. The van der Waals surface area contributed by atoms with Gasteiger partial charge >= 0.3 is 0 Å². The average Bonchev–Trinajstić information content (AvgIpc) is 1.95. The lowest BCUT2D eigenvalue weighted by molar-refractivity contribution is 0.0384. The van der Waals surface area contributed by atoms with Gasteiger partial charge in [0.15, 0.2) is 0 Å². The van der Waals surface area contributed by atoms with Crippen molar-refractivity contribution in [1.82, 2.24) is 10.2 Å². The number of rotatable bonds is 6. The van der Waals surface area contributed by atoms with E-state index in [9.17, 15) is 5.11 Å². The van der Waals surface area contributed by atoms with Gasteiger partial charge in [-0.2, -0.15) is 0 Å². The molecule has 3 nitrogen and oxygen atoms in total. The van der Waals surface area contributed by atoms with Crippen molar-refractivity contribution in [2.75, 3.05) is 33.2 Å². The van der Waals surface area contributed by atoms with Crippen LogP contribution in [0.4, 0.5) is 0 Å². The highest BCUT2D eigenvalue weighted by Crippen LogP contribution is 2.03. The lowest BCUT2D eigenvalue weighted by Gasteiger charge is -2.27. The first kappa shape index (κ1) is 11.9. The minimum absolute atomic E-state index is 0.580. The molecule has 0 spiro atoms. The monoisotopic (exact) mass is 174 g/mol. The first-order chi connectivity index (χ1) is 5.49. The molecule has 0 atom stereocenters. The quantitative estimate of drug-likeness (QED) is 0.608. The normalized spacial score (nSPS) is 12.5. The lowest BCUT2D eigenvalue weighted by atomic mass is 10.1. The number of nitrogens with zero attached hydrogens (tertiary/aromatic N) is 1. The number of hydrogen-bond donors (Lipinski definition) is 2. The summed E-state index contributed by atoms with van der Waals surface area (Å²) < 4.78 is 0. The molecule has 0 heterocycles. The SMILES string of the molecule is CCN(CCNC)CC(C)(C)O. The zero-order valence-corrected chi connectivity index (χ0v) is 8.72. The second-order valence-corrected chi connectivity index (χ2v) is 3.78. The summed E-state index contributed by atoms with van der Waals surface area (Å²) in [6, 6.07) is 0. The predicted molar refractivity (Wildman–Crippen MR) is 52.3 cm³/mol. The zero-order valence-electron chi connectivity index (χ0n) is 8.72. The standard InChI is InChI=1S/C9H22N2O/c1-5-11(7-6-10-4)8-9(2,3)12/h10,12H,5-8H2,1-4H3. The molecule has 0 aliphatic rings. The Morgan fingerprint density at radius 3 is 2.33 bits per heavy atom. The fraction of sp³-hybridized carbons (Fsp3) is 1.00. The third kappa shape index (κ3) is 6.58. The fourth-order valence-electron chi connectivity index (χ4n) is 1.17. The molecule has 0 amide bonds. The molecule has 0 radical (unpaired) electrons. The van der Waals surface area contributed by atoms with Gasteiger partial charge < -0.3 is 10.4 Å². The smallest absolute Gasteiger partial charge is 0.0718 e. The Kier molecular flexibility index (Phi) is 5.46. The van der Waals surface area contributed by atoms with E-state index in [1.165, 1.54) is 0 Å². The number of aliphatic hydroxyl groups is 1. The number of hydrogen-bond acceptors (Lipinski definition) is 3. The van der Waals surface area contributed by atoms with Gasteiger partial charge in [0.05, 0.1) is 5.60 Å². The molecule has 0 aliphatic heterocycles. The average molecular weight is 174 g/mol. The van der Waals surface area contributed by atoms with Crippen LogP contribution in [0.15, 0.2) is 0 Å². The third-order valence-corrected chi connectivity index (χ3v) is 1.74. The molecule has 0 saturated carbocycles. The summed E-state index contributed by atoms with van der Waals surface area (Å²) in [5.41, 5.74) is -0.580. The third-order valence-electron chi connectivity index (χ3n) is 1.74. The Hall–Kier alpha value is -0.120. The molecule has 0 fully saturated rings. The van der Waals surface area contributed by atoms with Gasteiger partial charge in [0.2, 0.25) is 0 Å². The van der Waals surface area contributed by atoms with E-state index in [0.717, 1.165) is 26.2 Å². The Morgan fingerprint density at radius 1 is 1.42 bits per heavy atom. The Balaban J connectivity index is 3.67. The van der Waals surface area contributed by atoms with Crippen LogP contribution in [0.1, 0.15) is 20.8 Å². The first-order valence-corrected chi connectivity index (χ1v) is 4.59. The second-order valence-electron chi connectivity index (χ2n) is 3.78. The molecule has 0 saturated heterocycles. The Labute approximate surface area is 75.8 Å². The predicted octanol–water partition coefficient (Wildman–Crippen LogP) is 0.299. The molecule has 0 rings (SSSR count). The van der Waals surface area contributed by atoms with E-state index in [2.05, 4.69) is 17.1 Å². The summed E-state index contributed by atoms with van der Waals surface area (Å²) in [5.74, 6) is 0. The van der Waals surface area contributed by atoms with E-state index in [1.807, 2.05) is 20.9 Å². The van der Waals surface area contributed by atoms with Crippen molar-refractivity contribution in [3.63, 3.8) is 0 Å². The van der Waals surface area contributed by atoms with Gasteiger partial charge in [0.25, 0.3) is 0 Å². The van der Waals surface area contributed by atoms with Gasteiger partial charge in [-0.1, -0.05) is 6.92 Å². The van der Waals surface area contributed by atoms with Gasteiger partial charge in [-0.25, -0.2) is 0 Å². The van der Waals surface area contributed by atoms with E-state index in [-0.39, 0.29) is 0 Å². The molecule has 74 valence electrons. The number of likely N-dealkylation sites (N-methyl/N-ethyl adjacent to an activating group) is 2. The van der Waals surface area contributed by atoms with Crippen molar-refractivity contribution in [2.24, 2.45) is 0 Å². The highest BCUT2D eigenvalue weighted by molar-refractivity contribution is 4.71. The molecule has 3 heteroatoms. The lowest BCUT2D eigenvalue weighted by Crippen LogP contribution is -2.41.